The maximum Gasteiger partial charge on any atom is 0.341 e. The van der Waals surface area contributed by atoms with Gasteiger partial charge in [0.15, 0.2) is 6.10 Å². The predicted octanol–water partition coefficient (Wildman–Crippen LogP) is 3.81. The van der Waals surface area contributed by atoms with Gasteiger partial charge in [0.05, 0.1) is 12.2 Å². The van der Waals surface area contributed by atoms with E-state index in [2.05, 4.69) is 31.4 Å². The highest BCUT2D eigenvalue weighted by Gasteiger charge is 2.56. The van der Waals surface area contributed by atoms with Gasteiger partial charge in [0.2, 0.25) is 0 Å². The molecule has 3 aliphatic rings. The summed E-state index contributed by atoms with van der Waals surface area (Å²) in [6.07, 6.45) is 4.28. The van der Waals surface area contributed by atoms with Gasteiger partial charge in [-0.1, -0.05) is 20.8 Å². The molecule has 1 spiro atoms. The van der Waals surface area contributed by atoms with Crippen molar-refractivity contribution in [3.05, 3.63) is 16.0 Å². The number of hydrogen-bond acceptors (Lipinski definition) is 8. The molecule has 2 N–H and O–H groups in total. The van der Waals surface area contributed by atoms with Crippen molar-refractivity contribution in [3.8, 4) is 0 Å². The molecule has 11 heteroatoms. The van der Waals surface area contributed by atoms with Crippen molar-refractivity contribution in [2.75, 3.05) is 18.5 Å². The summed E-state index contributed by atoms with van der Waals surface area (Å²) in [4.78, 5) is 66.2. The Morgan fingerprint density at radius 3 is 2.58 bits per heavy atom. The fraction of sp³-hybridized carbons (Fsp3) is 0.667. The Labute approximate surface area is 226 Å². The number of carbonyl (C=O) groups is 5. The third-order valence-electron chi connectivity index (χ3n) is 7.48. The molecule has 0 aromatic carbocycles. The lowest BCUT2D eigenvalue weighted by atomic mass is 9.64. The molecule has 4 rings (SSSR count). The first-order chi connectivity index (χ1) is 17.9. The van der Waals surface area contributed by atoms with Crippen molar-refractivity contribution >= 4 is 46.1 Å². The number of hydrogen-bond donors (Lipinski definition) is 2. The SMILES string of the molecule is CCOC(=O)c1c(NC(=O)[C@@H](C)OC(=O)CN2C(=O)N[C@]3(C[C@H](C)CC(C)(C)C3)C2=O)sc2c1CCCC2. The van der Waals surface area contributed by atoms with Crippen LogP contribution in [0.25, 0.3) is 0 Å². The number of urea groups is 1. The van der Waals surface area contributed by atoms with Crippen LogP contribution in [0.15, 0.2) is 0 Å². The summed E-state index contributed by atoms with van der Waals surface area (Å²) >= 11 is 1.34. The highest BCUT2D eigenvalue weighted by Crippen LogP contribution is 2.46. The summed E-state index contributed by atoms with van der Waals surface area (Å²) in [5.74, 6) is -2.16. The molecule has 1 saturated heterocycles. The number of nitrogens with one attached hydrogen (secondary N) is 2. The smallest absolute Gasteiger partial charge is 0.341 e. The normalized spacial score (nSPS) is 25.0. The van der Waals surface area contributed by atoms with Gasteiger partial charge in [-0.2, -0.15) is 0 Å². The van der Waals surface area contributed by atoms with E-state index in [1.165, 1.54) is 18.3 Å². The zero-order valence-corrected chi connectivity index (χ0v) is 23.5. The molecule has 208 valence electrons. The van der Waals surface area contributed by atoms with Crippen molar-refractivity contribution in [2.24, 2.45) is 11.3 Å². The molecular formula is C27H37N3O7S. The number of imide groups is 1. The Bertz CT molecular complexity index is 1160. The Kier molecular flexibility index (Phi) is 7.88. The van der Waals surface area contributed by atoms with Crippen LogP contribution < -0.4 is 10.6 Å². The van der Waals surface area contributed by atoms with E-state index in [9.17, 15) is 24.0 Å². The summed E-state index contributed by atoms with van der Waals surface area (Å²) < 4.78 is 10.5. The summed E-state index contributed by atoms with van der Waals surface area (Å²) in [5.41, 5.74) is 0.122. The first-order valence-electron chi connectivity index (χ1n) is 13.3. The number of fused-ring (bicyclic) bond motifs is 1. The second kappa shape index (κ2) is 10.7. The summed E-state index contributed by atoms with van der Waals surface area (Å²) in [5, 5.41) is 5.94. The minimum atomic E-state index is -1.21. The standard InChI is InChI=1S/C27H37N3O7S/c1-6-36-23(33)20-17-9-7-8-10-18(17)38-22(20)28-21(32)16(3)37-19(31)13-30-24(34)27(29-25(30)35)12-15(2)11-26(4,5)14-27/h15-16H,6-14H2,1-5H3,(H,28,32)(H,29,35)/t15-,16-,27+/m1/s1. The van der Waals surface area contributed by atoms with Crippen LogP contribution in [-0.2, 0) is 36.7 Å². The summed E-state index contributed by atoms with van der Waals surface area (Å²) in [6, 6.07) is -0.628. The van der Waals surface area contributed by atoms with Gasteiger partial charge in [-0.15, -0.1) is 11.3 Å². The van der Waals surface area contributed by atoms with E-state index < -0.39 is 48.0 Å². The zero-order valence-electron chi connectivity index (χ0n) is 22.7. The summed E-state index contributed by atoms with van der Waals surface area (Å²) in [7, 11) is 0. The van der Waals surface area contributed by atoms with Crippen molar-refractivity contribution < 1.29 is 33.4 Å². The van der Waals surface area contributed by atoms with E-state index >= 15 is 0 Å². The van der Waals surface area contributed by atoms with Crippen molar-refractivity contribution in [1.29, 1.82) is 0 Å². The van der Waals surface area contributed by atoms with Gasteiger partial charge >= 0.3 is 18.0 Å². The lowest BCUT2D eigenvalue weighted by molar-refractivity contribution is -0.155. The molecule has 2 fully saturated rings. The Balaban J connectivity index is 1.40. The van der Waals surface area contributed by atoms with Crippen LogP contribution in [0.5, 0.6) is 0 Å². The molecule has 0 radical (unpaired) electrons. The lowest BCUT2D eigenvalue weighted by Gasteiger charge is -2.43. The first kappa shape index (κ1) is 28.1. The molecule has 1 aromatic heterocycles. The van der Waals surface area contributed by atoms with Crippen LogP contribution in [0.4, 0.5) is 9.80 Å². The number of amides is 4. The molecule has 3 atom stereocenters. The van der Waals surface area contributed by atoms with Gasteiger partial charge < -0.3 is 20.1 Å². The molecule has 10 nitrogen and oxygen atoms in total. The molecule has 0 unspecified atom stereocenters. The number of anilines is 1. The number of esters is 2. The lowest BCUT2D eigenvalue weighted by Crippen LogP contribution is -2.54. The maximum atomic E-state index is 13.3. The average Bonchev–Trinajstić information content (AvgIpc) is 3.27. The van der Waals surface area contributed by atoms with Gasteiger partial charge in [-0.05, 0) is 75.7 Å². The van der Waals surface area contributed by atoms with Gasteiger partial charge in [0.1, 0.15) is 17.1 Å². The molecule has 1 aromatic rings. The largest absolute Gasteiger partial charge is 0.462 e. The van der Waals surface area contributed by atoms with E-state index in [0.29, 0.717) is 23.4 Å². The number of aryl methyl sites for hydroxylation is 1. The first-order valence-corrected chi connectivity index (χ1v) is 14.1. The number of ether oxygens (including phenoxy) is 2. The number of rotatable bonds is 7. The maximum absolute atomic E-state index is 13.3. The van der Waals surface area contributed by atoms with Crippen LogP contribution in [0.1, 0.15) is 87.5 Å². The Hall–Kier alpha value is -2.95. The van der Waals surface area contributed by atoms with E-state index in [1.807, 2.05) is 0 Å². The molecule has 0 bridgehead atoms. The number of nitrogens with zero attached hydrogens (tertiary/aromatic N) is 1. The van der Waals surface area contributed by atoms with Crippen molar-refractivity contribution in [3.63, 3.8) is 0 Å². The average molecular weight is 548 g/mol. The zero-order chi connectivity index (χ0) is 27.8. The molecule has 1 aliphatic heterocycles. The third kappa shape index (κ3) is 5.57. The monoisotopic (exact) mass is 547 g/mol. The molecule has 2 aliphatic carbocycles. The van der Waals surface area contributed by atoms with E-state index in [1.54, 1.807) is 6.92 Å². The summed E-state index contributed by atoms with van der Waals surface area (Å²) in [6.45, 7) is 8.95. The fourth-order valence-electron chi connectivity index (χ4n) is 6.35. The number of thiophene rings is 1. The quantitative estimate of drug-likeness (QED) is 0.392. The van der Waals surface area contributed by atoms with Crippen LogP contribution in [-0.4, -0.2) is 59.5 Å². The van der Waals surface area contributed by atoms with Crippen molar-refractivity contribution in [2.45, 2.75) is 91.2 Å². The Morgan fingerprint density at radius 2 is 1.89 bits per heavy atom. The second-order valence-corrected chi connectivity index (χ2v) is 12.6. The highest BCUT2D eigenvalue weighted by molar-refractivity contribution is 7.17. The van der Waals surface area contributed by atoms with Crippen LogP contribution in [0, 0.1) is 11.3 Å². The minimum Gasteiger partial charge on any atom is -0.462 e. The predicted molar refractivity (Wildman–Crippen MR) is 141 cm³/mol. The molecule has 4 amide bonds. The molecule has 2 heterocycles. The fourth-order valence-corrected chi connectivity index (χ4v) is 7.63. The molecule has 38 heavy (non-hydrogen) atoms. The van der Waals surface area contributed by atoms with E-state index in [0.717, 1.165) is 47.4 Å². The highest BCUT2D eigenvalue weighted by atomic mass is 32.1. The number of carbonyl (C=O) groups excluding carboxylic acids is 5. The third-order valence-corrected chi connectivity index (χ3v) is 8.68. The Morgan fingerprint density at radius 1 is 1.18 bits per heavy atom. The van der Waals surface area contributed by atoms with E-state index in [-0.39, 0.29) is 17.9 Å². The van der Waals surface area contributed by atoms with Crippen LogP contribution in [0.3, 0.4) is 0 Å². The van der Waals surface area contributed by atoms with Gasteiger partial charge in [0, 0.05) is 4.88 Å². The van der Waals surface area contributed by atoms with Gasteiger partial charge in [-0.25, -0.2) is 9.59 Å². The molecule has 1 saturated carbocycles. The van der Waals surface area contributed by atoms with Gasteiger partial charge in [0.25, 0.3) is 11.8 Å². The van der Waals surface area contributed by atoms with Crippen LogP contribution in [0.2, 0.25) is 0 Å². The topological polar surface area (TPSA) is 131 Å². The van der Waals surface area contributed by atoms with E-state index in [4.69, 9.17) is 9.47 Å². The van der Waals surface area contributed by atoms with Crippen LogP contribution >= 0.6 is 11.3 Å². The second-order valence-electron chi connectivity index (χ2n) is 11.5. The minimum absolute atomic E-state index is 0.132. The molecular weight excluding hydrogens is 510 g/mol. The van der Waals surface area contributed by atoms with Gasteiger partial charge in [-0.3, -0.25) is 19.3 Å². The van der Waals surface area contributed by atoms with Crippen molar-refractivity contribution in [1.82, 2.24) is 10.2 Å².